The fraction of sp³-hybridized carbons (Fsp3) is 0.167. The molecule has 1 heterocycles. The van der Waals surface area contributed by atoms with Crippen molar-refractivity contribution in [2.45, 2.75) is 20.0 Å². The highest BCUT2D eigenvalue weighted by Gasteiger charge is 2.30. The minimum atomic E-state index is -4.36. The second-order valence-electron chi connectivity index (χ2n) is 5.54. The molecule has 0 fully saturated rings. The molecule has 1 N–H and O–H groups in total. The van der Waals surface area contributed by atoms with E-state index in [1.807, 2.05) is 31.4 Å². The van der Waals surface area contributed by atoms with Gasteiger partial charge in [0.2, 0.25) is 0 Å². The summed E-state index contributed by atoms with van der Waals surface area (Å²) in [4.78, 5) is 4.46. The smallest absolute Gasteiger partial charge is 0.332 e. The Morgan fingerprint density at radius 2 is 1.79 bits per heavy atom. The van der Waals surface area contributed by atoms with Crippen molar-refractivity contribution in [1.29, 1.82) is 0 Å². The number of aryl methyl sites for hydroxylation is 2. The lowest BCUT2D eigenvalue weighted by Gasteiger charge is -2.09. The Labute approximate surface area is 142 Å². The number of anilines is 2. The van der Waals surface area contributed by atoms with Crippen LogP contribution in [0.3, 0.4) is 0 Å². The fourth-order valence-corrected chi connectivity index (χ4v) is 3.00. The van der Waals surface area contributed by atoms with Crippen molar-refractivity contribution in [3.8, 4) is 11.3 Å². The van der Waals surface area contributed by atoms with Gasteiger partial charge in [-0.25, -0.2) is 4.98 Å². The third-order valence-corrected chi connectivity index (χ3v) is 4.51. The molecule has 0 saturated heterocycles. The summed E-state index contributed by atoms with van der Waals surface area (Å²) >= 11 is 1.36. The third-order valence-electron chi connectivity index (χ3n) is 3.75. The van der Waals surface area contributed by atoms with Crippen LogP contribution < -0.4 is 5.32 Å². The summed E-state index contributed by atoms with van der Waals surface area (Å²) in [5.41, 5.74) is 3.86. The summed E-state index contributed by atoms with van der Waals surface area (Å²) < 4.78 is 38.3. The first-order valence-electron chi connectivity index (χ1n) is 7.30. The number of hydrogen-bond acceptors (Lipinski definition) is 3. The molecule has 0 saturated carbocycles. The average Bonchev–Trinajstić information content (AvgIpc) is 2.98. The zero-order valence-corrected chi connectivity index (χ0v) is 13.9. The van der Waals surface area contributed by atoms with Crippen LogP contribution in [0.5, 0.6) is 0 Å². The maximum absolute atomic E-state index is 12.8. The van der Waals surface area contributed by atoms with E-state index in [9.17, 15) is 13.2 Å². The first kappa shape index (κ1) is 16.5. The lowest BCUT2D eigenvalue weighted by atomic mass is 10.1. The van der Waals surface area contributed by atoms with Gasteiger partial charge in [-0.3, -0.25) is 0 Å². The van der Waals surface area contributed by atoms with Gasteiger partial charge in [-0.15, -0.1) is 11.3 Å². The minimum Gasteiger partial charge on any atom is -0.332 e. The maximum atomic E-state index is 12.8. The SMILES string of the molecule is Cc1ccc(-c2csc(Nc3cccc(C(F)(F)F)c3)n2)cc1C. The van der Waals surface area contributed by atoms with Crippen LogP contribution in [0.4, 0.5) is 24.0 Å². The molecular formula is C18H15F3N2S. The predicted octanol–water partition coefficient (Wildman–Crippen LogP) is 6.19. The molecule has 124 valence electrons. The van der Waals surface area contributed by atoms with Crippen molar-refractivity contribution >= 4 is 22.2 Å². The van der Waals surface area contributed by atoms with E-state index in [4.69, 9.17) is 0 Å². The van der Waals surface area contributed by atoms with Crippen molar-refractivity contribution in [2.75, 3.05) is 5.32 Å². The molecule has 0 amide bonds. The van der Waals surface area contributed by atoms with E-state index in [0.29, 0.717) is 10.8 Å². The van der Waals surface area contributed by atoms with Gasteiger partial charge in [0.25, 0.3) is 0 Å². The molecule has 6 heteroatoms. The molecule has 0 aliphatic rings. The van der Waals surface area contributed by atoms with Crippen molar-refractivity contribution in [3.63, 3.8) is 0 Å². The standard InChI is InChI=1S/C18H15F3N2S/c1-11-6-7-13(8-12(11)2)16-10-24-17(23-16)22-15-5-3-4-14(9-15)18(19,20)21/h3-10H,1-2H3,(H,22,23). The topological polar surface area (TPSA) is 24.9 Å². The third kappa shape index (κ3) is 3.59. The molecule has 2 aromatic carbocycles. The fourth-order valence-electron chi connectivity index (χ4n) is 2.26. The highest BCUT2D eigenvalue weighted by molar-refractivity contribution is 7.14. The van der Waals surface area contributed by atoms with Gasteiger partial charge in [0.05, 0.1) is 11.3 Å². The molecule has 0 spiro atoms. The molecule has 0 aliphatic carbocycles. The number of rotatable bonds is 3. The van der Waals surface area contributed by atoms with E-state index in [2.05, 4.69) is 16.4 Å². The van der Waals surface area contributed by atoms with Crippen molar-refractivity contribution in [1.82, 2.24) is 4.98 Å². The molecule has 0 bridgehead atoms. The summed E-state index contributed by atoms with van der Waals surface area (Å²) in [7, 11) is 0. The van der Waals surface area contributed by atoms with Crippen LogP contribution in [-0.2, 0) is 6.18 Å². The molecule has 24 heavy (non-hydrogen) atoms. The largest absolute Gasteiger partial charge is 0.416 e. The number of nitrogens with one attached hydrogen (secondary N) is 1. The number of alkyl halides is 3. The Hall–Kier alpha value is -2.34. The molecule has 0 unspecified atom stereocenters. The summed E-state index contributed by atoms with van der Waals surface area (Å²) in [6, 6.07) is 11.2. The molecule has 0 radical (unpaired) electrons. The quantitative estimate of drug-likeness (QED) is 0.610. The van der Waals surface area contributed by atoms with Crippen LogP contribution in [-0.4, -0.2) is 4.98 Å². The van der Waals surface area contributed by atoms with E-state index in [-0.39, 0.29) is 0 Å². The van der Waals surface area contributed by atoms with Gasteiger partial charge in [-0.2, -0.15) is 13.2 Å². The van der Waals surface area contributed by atoms with Crippen LogP contribution in [0, 0.1) is 13.8 Å². The molecule has 2 nitrogen and oxygen atoms in total. The zero-order valence-electron chi connectivity index (χ0n) is 13.1. The van der Waals surface area contributed by atoms with Gasteiger partial charge in [0.15, 0.2) is 5.13 Å². The van der Waals surface area contributed by atoms with E-state index in [0.717, 1.165) is 23.4 Å². The minimum absolute atomic E-state index is 0.366. The lowest BCUT2D eigenvalue weighted by Crippen LogP contribution is -2.05. The monoisotopic (exact) mass is 348 g/mol. The zero-order chi connectivity index (χ0) is 17.3. The number of halogens is 3. The lowest BCUT2D eigenvalue weighted by molar-refractivity contribution is -0.137. The van der Waals surface area contributed by atoms with Crippen molar-refractivity contribution in [3.05, 3.63) is 64.5 Å². The van der Waals surface area contributed by atoms with Gasteiger partial charge < -0.3 is 5.32 Å². The number of thiazole rings is 1. The number of nitrogens with zero attached hydrogens (tertiary/aromatic N) is 1. The van der Waals surface area contributed by atoms with Crippen LogP contribution in [0.25, 0.3) is 11.3 Å². The van der Waals surface area contributed by atoms with Crippen molar-refractivity contribution < 1.29 is 13.2 Å². The summed E-state index contributed by atoms with van der Waals surface area (Å²) in [6.45, 7) is 4.08. The van der Waals surface area contributed by atoms with Gasteiger partial charge >= 0.3 is 6.18 Å². The van der Waals surface area contributed by atoms with Crippen LogP contribution in [0.1, 0.15) is 16.7 Å². The van der Waals surface area contributed by atoms with E-state index in [1.165, 1.54) is 28.5 Å². The second-order valence-corrected chi connectivity index (χ2v) is 6.40. The first-order chi connectivity index (χ1) is 11.3. The Morgan fingerprint density at radius 3 is 2.50 bits per heavy atom. The Kier molecular flexibility index (Phi) is 4.32. The number of hydrogen-bond donors (Lipinski definition) is 1. The van der Waals surface area contributed by atoms with E-state index < -0.39 is 11.7 Å². The summed E-state index contributed by atoms with van der Waals surface area (Å²) in [5.74, 6) is 0. The summed E-state index contributed by atoms with van der Waals surface area (Å²) in [6.07, 6.45) is -4.36. The van der Waals surface area contributed by atoms with Crippen molar-refractivity contribution in [2.24, 2.45) is 0 Å². The molecule has 3 aromatic rings. The second kappa shape index (κ2) is 6.28. The highest BCUT2D eigenvalue weighted by Crippen LogP contribution is 2.32. The van der Waals surface area contributed by atoms with Gasteiger partial charge in [-0.05, 0) is 49.2 Å². The van der Waals surface area contributed by atoms with Crippen LogP contribution >= 0.6 is 11.3 Å². The average molecular weight is 348 g/mol. The number of aromatic nitrogens is 1. The molecule has 1 aromatic heterocycles. The number of benzene rings is 2. The summed E-state index contributed by atoms with van der Waals surface area (Å²) in [5, 5.41) is 5.39. The van der Waals surface area contributed by atoms with Crippen LogP contribution in [0.15, 0.2) is 47.8 Å². The normalized spacial score (nSPS) is 11.5. The molecule has 0 atom stereocenters. The van der Waals surface area contributed by atoms with Crippen LogP contribution in [0.2, 0.25) is 0 Å². The molecule has 0 aliphatic heterocycles. The first-order valence-corrected chi connectivity index (χ1v) is 8.18. The van der Waals surface area contributed by atoms with Gasteiger partial charge in [-0.1, -0.05) is 18.2 Å². The Bertz CT molecular complexity index is 869. The molecule has 3 rings (SSSR count). The van der Waals surface area contributed by atoms with E-state index >= 15 is 0 Å². The highest BCUT2D eigenvalue weighted by atomic mass is 32.1. The molecular weight excluding hydrogens is 333 g/mol. The predicted molar refractivity (Wildman–Crippen MR) is 91.8 cm³/mol. The Morgan fingerprint density at radius 1 is 1.00 bits per heavy atom. The van der Waals surface area contributed by atoms with Gasteiger partial charge in [0.1, 0.15) is 0 Å². The maximum Gasteiger partial charge on any atom is 0.416 e. The van der Waals surface area contributed by atoms with E-state index in [1.54, 1.807) is 6.07 Å². The van der Waals surface area contributed by atoms with Gasteiger partial charge in [0, 0.05) is 16.6 Å². The Balaban J connectivity index is 1.83.